The molecule has 1 N–H and O–H groups in total. The minimum Gasteiger partial charge on any atom is -0.350 e. The van der Waals surface area contributed by atoms with Crippen molar-refractivity contribution in [3.8, 4) is 0 Å². The van der Waals surface area contributed by atoms with E-state index in [2.05, 4.69) is 41.5 Å². The molecule has 0 amide bonds. The van der Waals surface area contributed by atoms with Crippen LogP contribution in [0.1, 0.15) is 50.8 Å². The highest BCUT2D eigenvalue weighted by atomic mass is 16.1. The summed E-state index contributed by atoms with van der Waals surface area (Å²) in [5.74, 6) is 0.924. The molecule has 0 bridgehead atoms. The van der Waals surface area contributed by atoms with Crippen molar-refractivity contribution in [2.24, 2.45) is 0 Å². The van der Waals surface area contributed by atoms with E-state index in [0.29, 0.717) is 24.5 Å². The second-order valence-electron chi connectivity index (χ2n) is 7.18. The number of anilines is 1. The van der Waals surface area contributed by atoms with E-state index in [1.807, 2.05) is 37.3 Å². The topological polar surface area (TPSA) is 54.9 Å². The molecular formula is C23H23N3O. The van der Waals surface area contributed by atoms with Crippen LogP contribution in [0.5, 0.6) is 0 Å². The van der Waals surface area contributed by atoms with Gasteiger partial charge in [-0.1, -0.05) is 54.6 Å². The van der Waals surface area contributed by atoms with Crippen LogP contribution < -0.4 is 5.32 Å². The maximum absolute atomic E-state index is 12.8. The van der Waals surface area contributed by atoms with E-state index in [4.69, 9.17) is 4.98 Å². The number of aromatic nitrogens is 2. The van der Waals surface area contributed by atoms with Gasteiger partial charge in [-0.05, 0) is 42.9 Å². The Morgan fingerprint density at radius 1 is 0.963 bits per heavy atom. The average Bonchev–Trinajstić information content (AvgIpc) is 2.67. The summed E-state index contributed by atoms with van der Waals surface area (Å²) in [6.07, 6.45) is 1.30. The van der Waals surface area contributed by atoms with Crippen molar-refractivity contribution in [3.05, 3.63) is 88.2 Å². The van der Waals surface area contributed by atoms with Gasteiger partial charge < -0.3 is 5.32 Å². The number of rotatable bonds is 4. The zero-order valence-electron chi connectivity index (χ0n) is 15.7. The van der Waals surface area contributed by atoms with Gasteiger partial charge in [0.2, 0.25) is 5.95 Å². The molecule has 4 heteroatoms. The Morgan fingerprint density at radius 3 is 2.48 bits per heavy atom. The Kier molecular flexibility index (Phi) is 4.71. The second-order valence-corrected chi connectivity index (χ2v) is 7.18. The van der Waals surface area contributed by atoms with E-state index in [-0.39, 0.29) is 11.7 Å². The molecule has 4 rings (SSSR count). The van der Waals surface area contributed by atoms with E-state index in [1.165, 1.54) is 16.7 Å². The summed E-state index contributed by atoms with van der Waals surface area (Å²) in [4.78, 5) is 22.0. The fourth-order valence-electron chi connectivity index (χ4n) is 3.89. The smallest absolute Gasteiger partial charge is 0.223 e. The van der Waals surface area contributed by atoms with Crippen LogP contribution in [-0.4, -0.2) is 15.8 Å². The molecular weight excluding hydrogens is 334 g/mol. The third-order valence-corrected chi connectivity index (χ3v) is 5.24. The zero-order chi connectivity index (χ0) is 18.8. The molecule has 0 saturated carbocycles. The Bertz CT molecular complexity index is 982. The van der Waals surface area contributed by atoms with Crippen molar-refractivity contribution in [1.82, 2.24) is 9.97 Å². The summed E-state index contributed by atoms with van der Waals surface area (Å²) >= 11 is 0. The van der Waals surface area contributed by atoms with Crippen LogP contribution in [-0.2, 0) is 13.0 Å². The number of ketones is 1. The van der Waals surface area contributed by atoms with Crippen molar-refractivity contribution < 1.29 is 4.79 Å². The number of carbonyl (C=O) groups is 1. The monoisotopic (exact) mass is 357 g/mol. The molecule has 1 atom stereocenters. The number of Topliss-reactive ketones (excluding diaryl/α,β-unsaturated/α-hetero) is 1. The molecule has 1 heterocycles. The number of hydrogen-bond donors (Lipinski definition) is 1. The Balaban J connectivity index is 1.61. The van der Waals surface area contributed by atoms with E-state index in [0.717, 1.165) is 17.8 Å². The largest absolute Gasteiger partial charge is 0.350 e. The lowest BCUT2D eigenvalue weighted by Gasteiger charge is -2.25. The van der Waals surface area contributed by atoms with Gasteiger partial charge in [0.05, 0.1) is 17.0 Å². The third-order valence-electron chi connectivity index (χ3n) is 5.24. The van der Waals surface area contributed by atoms with Crippen LogP contribution in [0, 0.1) is 13.8 Å². The molecule has 0 fully saturated rings. The van der Waals surface area contributed by atoms with E-state index < -0.39 is 0 Å². The van der Waals surface area contributed by atoms with Crippen LogP contribution in [0.25, 0.3) is 0 Å². The number of nitrogens with zero attached hydrogens (tertiary/aromatic N) is 2. The van der Waals surface area contributed by atoms with Crippen LogP contribution >= 0.6 is 0 Å². The average molecular weight is 357 g/mol. The first-order chi connectivity index (χ1) is 13.1. The molecule has 2 aromatic carbocycles. The normalized spacial score (nSPS) is 16.1. The lowest BCUT2D eigenvalue weighted by Crippen LogP contribution is -2.23. The number of aryl methyl sites for hydroxylation is 2. The van der Waals surface area contributed by atoms with Gasteiger partial charge in [-0.3, -0.25) is 4.79 Å². The first kappa shape index (κ1) is 17.4. The van der Waals surface area contributed by atoms with Crippen LogP contribution in [0.4, 0.5) is 5.95 Å². The molecule has 136 valence electrons. The SMILES string of the molecule is Cc1ccccc1[C@H]1CC(=O)c2c(C)nc(NCc3ccccc3)nc2C1. The predicted octanol–water partition coefficient (Wildman–Crippen LogP) is 4.62. The third kappa shape index (κ3) is 3.61. The lowest BCUT2D eigenvalue weighted by molar-refractivity contribution is 0.0962. The molecule has 1 aromatic heterocycles. The van der Waals surface area contributed by atoms with Gasteiger partial charge in [0.25, 0.3) is 0 Å². The summed E-state index contributed by atoms with van der Waals surface area (Å²) in [6, 6.07) is 18.5. The maximum atomic E-state index is 12.8. The van der Waals surface area contributed by atoms with E-state index >= 15 is 0 Å². The Hall–Kier alpha value is -3.01. The van der Waals surface area contributed by atoms with Crippen molar-refractivity contribution in [2.45, 2.75) is 39.2 Å². The van der Waals surface area contributed by atoms with Gasteiger partial charge in [-0.2, -0.15) is 0 Å². The summed E-state index contributed by atoms with van der Waals surface area (Å²) in [7, 11) is 0. The summed E-state index contributed by atoms with van der Waals surface area (Å²) < 4.78 is 0. The highest BCUT2D eigenvalue weighted by molar-refractivity contribution is 5.99. The fourth-order valence-corrected chi connectivity index (χ4v) is 3.89. The first-order valence-electron chi connectivity index (χ1n) is 9.36. The Labute approximate surface area is 159 Å². The number of carbonyl (C=O) groups excluding carboxylic acids is 1. The van der Waals surface area contributed by atoms with Crippen LogP contribution in [0.3, 0.4) is 0 Å². The van der Waals surface area contributed by atoms with Gasteiger partial charge in [-0.15, -0.1) is 0 Å². The zero-order valence-corrected chi connectivity index (χ0v) is 15.7. The van der Waals surface area contributed by atoms with Gasteiger partial charge in [-0.25, -0.2) is 9.97 Å². The highest BCUT2D eigenvalue weighted by Gasteiger charge is 2.30. The fraction of sp³-hybridized carbons (Fsp3) is 0.261. The van der Waals surface area contributed by atoms with Crippen molar-refractivity contribution in [3.63, 3.8) is 0 Å². The standard InChI is InChI=1S/C23H23N3O/c1-15-8-6-7-11-19(15)18-12-20-22(21(27)13-18)16(2)25-23(26-20)24-14-17-9-4-3-5-10-17/h3-11,18H,12-14H2,1-2H3,(H,24,25,26)/t18-/m1/s1. The molecule has 27 heavy (non-hydrogen) atoms. The minimum absolute atomic E-state index is 0.150. The highest BCUT2D eigenvalue weighted by Crippen LogP contribution is 2.34. The number of benzene rings is 2. The lowest BCUT2D eigenvalue weighted by atomic mass is 9.80. The molecule has 4 nitrogen and oxygen atoms in total. The van der Waals surface area contributed by atoms with E-state index in [9.17, 15) is 4.79 Å². The first-order valence-corrected chi connectivity index (χ1v) is 9.36. The Morgan fingerprint density at radius 2 is 1.70 bits per heavy atom. The van der Waals surface area contributed by atoms with Crippen LogP contribution in [0.15, 0.2) is 54.6 Å². The maximum Gasteiger partial charge on any atom is 0.223 e. The molecule has 0 unspecified atom stereocenters. The quantitative estimate of drug-likeness (QED) is 0.740. The minimum atomic E-state index is 0.150. The molecule has 0 spiro atoms. The van der Waals surface area contributed by atoms with Crippen molar-refractivity contribution in [1.29, 1.82) is 0 Å². The molecule has 0 radical (unpaired) electrons. The molecule has 0 aliphatic heterocycles. The number of hydrogen-bond acceptors (Lipinski definition) is 4. The van der Waals surface area contributed by atoms with E-state index in [1.54, 1.807) is 0 Å². The van der Waals surface area contributed by atoms with Gasteiger partial charge >= 0.3 is 0 Å². The molecule has 1 aliphatic rings. The molecule has 3 aromatic rings. The summed E-state index contributed by atoms with van der Waals surface area (Å²) in [5, 5.41) is 3.30. The molecule has 1 aliphatic carbocycles. The van der Waals surface area contributed by atoms with Gasteiger partial charge in [0.15, 0.2) is 5.78 Å². The predicted molar refractivity (Wildman–Crippen MR) is 107 cm³/mol. The molecule has 0 saturated heterocycles. The van der Waals surface area contributed by atoms with Gasteiger partial charge in [0.1, 0.15) is 0 Å². The number of fused-ring (bicyclic) bond motifs is 1. The second kappa shape index (κ2) is 7.31. The van der Waals surface area contributed by atoms with Gasteiger partial charge in [0, 0.05) is 13.0 Å². The van der Waals surface area contributed by atoms with Crippen molar-refractivity contribution in [2.75, 3.05) is 5.32 Å². The summed E-state index contributed by atoms with van der Waals surface area (Å²) in [5.41, 5.74) is 5.99. The van der Waals surface area contributed by atoms with Crippen molar-refractivity contribution >= 4 is 11.7 Å². The summed E-state index contributed by atoms with van der Waals surface area (Å²) in [6.45, 7) is 4.67. The number of nitrogens with one attached hydrogen (secondary N) is 1. The van der Waals surface area contributed by atoms with Crippen LogP contribution in [0.2, 0.25) is 0 Å².